The van der Waals surface area contributed by atoms with E-state index >= 15 is 0 Å². The molecule has 0 aromatic carbocycles. The summed E-state index contributed by atoms with van der Waals surface area (Å²) in [4.78, 5) is 2.00. The average molecular weight is 302 g/mol. The molecule has 2 rings (SSSR count). The van der Waals surface area contributed by atoms with Crippen LogP contribution in [0.15, 0.2) is 0 Å². The van der Waals surface area contributed by atoms with Gasteiger partial charge in [0.1, 0.15) is 11.4 Å². The number of aromatic nitrogens is 3. The van der Waals surface area contributed by atoms with Gasteiger partial charge in [0.15, 0.2) is 0 Å². The highest BCUT2D eigenvalue weighted by atomic mass is 19.4. The lowest BCUT2D eigenvalue weighted by Gasteiger charge is -2.28. The Morgan fingerprint density at radius 2 is 2.05 bits per heavy atom. The number of nitrogens with zero attached hydrogens (tertiary/aromatic N) is 5. The number of fused-ring (bicyclic) bond motifs is 1. The van der Waals surface area contributed by atoms with Gasteiger partial charge in [0.25, 0.3) is 0 Å². The molecule has 0 aliphatic carbocycles. The summed E-state index contributed by atoms with van der Waals surface area (Å²) in [6, 6.07) is 2.02. The lowest BCUT2D eigenvalue weighted by atomic mass is 9.99. The summed E-state index contributed by atoms with van der Waals surface area (Å²) < 4.78 is 39.2. The Morgan fingerprint density at radius 1 is 1.33 bits per heavy atom. The predicted molar refractivity (Wildman–Crippen MR) is 67.7 cm³/mol. The van der Waals surface area contributed by atoms with Gasteiger partial charge in [-0.1, -0.05) is 0 Å². The molecule has 1 aliphatic heterocycles. The first-order chi connectivity index (χ1) is 9.73. The Morgan fingerprint density at radius 3 is 2.67 bits per heavy atom. The Labute approximate surface area is 120 Å². The van der Waals surface area contributed by atoms with Crippen LogP contribution in [0.1, 0.15) is 31.4 Å². The van der Waals surface area contributed by atoms with Crippen molar-refractivity contribution in [3.63, 3.8) is 0 Å². The molecular weight excluding hydrogens is 285 g/mol. The zero-order valence-electron chi connectivity index (χ0n) is 11.7. The Balaban J connectivity index is 1.93. The fraction of sp³-hybridized carbons (Fsp3) is 0.750. The first-order valence-corrected chi connectivity index (χ1v) is 6.65. The molecule has 2 N–H and O–H groups in total. The van der Waals surface area contributed by atoms with Gasteiger partial charge in [-0.25, -0.2) is 0 Å². The van der Waals surface area contributed by atoms with Gasteiger partial charge >= 0.3 is 6.18 Å². The van der Waals surface area contributed by atoms with E-state index in [2.05, 4.69) is 10.2 Å². The second kappa shape index (κ2) is 5.61. The van der Waals surface area contributed by atoms with Crippen molar-refractivity contribution in [2.75, 3.05) is 13.1 Å². The second-order valence-corrected chi connectivity index (χ2v) is 5.50. The zero-order valence-corrected chi connectivity index (χ0v) is 11.7. The molecular formula is C12H17F3N6. The number of nitriles is 1. The molecule has 1 atom stereocenters. The number of hydrogen-bond donors (Lipinski definition) is 1. The molecule has 0 spiro atoms. The first-order valence-electron chi connectivity index (χ1n) is 6.65. The molecule has 0 fully saturated rings. The van der Waals surface area contributed by atoms with Gasteiger partial charge in [-0.2, -0.15) is 18.4 Å². The van der Waals surface area contributed by atoms with E-state index in [0.29, 0.717) is 38.3 Å². The maximum absolute atomic E-state index is 12.7. The van der Waals surface area contributed by atoms with Gasteiger partial charge in [0.2, 0.25) is 5.82 Å². The molecule has 6 nitrogen and oxygen atoms in total. The number of alkyl halides is 3. The summed E-state index contributed by atoms with van der Waals surface area (Å²) >= 11 is 0. The molecule has 0 saturated heterocycles. The molecule has 2 heterocycles. The van der Waals surface area contributed by atoms with Gasteiger partial charge < -0.3 is 10.3 Å². The van der Waals surface area contributed by atoms with Gasteiger partial charge in [-0.15, -0.1) is 10.2 Å². The number of hydrogen-bond acceptors (Lipinski definition) is 5. The Kier molecular flexibility index (Phi) is 4.20. The SMILES string of the molecule is CC(N)(C#N)CCCN1CCn2c(nnc2C(F)(F)F)C1. The molecule has 9 heteroatoms. The molecule has 1 aromatic rings. The minimum Gasteiger partial charge on any atom is -0.314 e. The zero-order chi connectivity index (χ0) is 15.7. The van der Waals surface area contributed by atoms with E-state index in [1.807, 2.05) is 11.0 Å². The van der Waals surface area contributed by atoms with E-state index in [1.54, 1.807) is 6.92 Å². The Hall–Kier alpha value is -1.66. The molecule has 0 amide bonds. The lowest BCUT2D eigenvalue weighted by molar-refractivity contribution is -0.148. The fourth-order valence-electron chi connectivity index (χ4n) is 2.33. The molecule has 0 saturated carbocycles. The fourth-order valence-corrected chi connectivity index (χ4v) is 2.33. The molecule has 1 aliphatic rings. The van der Waals surface area contributed by atoms with Crippen LogP contribution in [0.5, 0.6) is 0 Å². The van der Waals surface area contributed by atoms with Gasteiger partial charge in [0, 0.05) is 13.1 Å². The van der Waals surface area contributed by atoms with Gasteiger partial charge in [-0.3, -0.25) is 4.90 Å². The molecule has 1 aromatic heterocycles. The van der Waals surface area contributed by atoms with Crippen molar-refractivity contribution in [1.82, 2.24) is 19.7 Å². The van der Waals surface area contributed by atoms with E-state index in [9.17, 15) is 13.2 Å². The van der Waals surface area contributed by atoms with Crippen LogP contribution >= 0.6 is 0 Å². The number of rotatable bonds is 4. The minimum atomic E-state index is -4.47. The quantitative estimate of drug-likeness (QED) is 0.901. The number of nitrogens with two attached hydrogens (primary N) is 1. The minimum absolute atomic E-state index is 0.218. The summed E-state index contributed by atoms with van der Waals surface area (Å²) in [5.74, 6) is -0.611. The smallest absolute Gasteiger partial charge is 0.314 e. The summed E-state index contributed by atoms with van der Waals surface area (Å²) in [6.45, 7) is 3.38. The van der Waals surface area contributed by atoms with Crippen molar-refractivity contribution in [3.8, 4) is 6.07 Å². The van der Waals surface area contributed by atoms with Crippen molar-refractivity contribution < 1.29 is 13.2 Å². The van der Waals surface area contributed by atoms with E-state index in [4.69, 9.17) is 11.0 Å². The van der Waals surface area contributed by atoms with Crippen molar-refractivity contribution in [3.05, 3.63) is 11.6 Å². The van der Waals surface area contributed by atoms with Crippen molar-refractivity contribution in [1.29, 1.82) is 5.26 Å². The van der Waals surface area contributed by atoms with Crippen LogP contribution in [0.25, 0.3) is 0 Å². The monoisotopic (exact) mass is 302 g/mol. The van der Waals surface area contributed by atoms with E-state index < -0.39 is 17.5 Å². The first kappa shape index (κ1) is 15.7. The molecule has 0 bridgehead atoms. The average Bonchev–Trinajstić information content (AvgIpc) is 2.81. The Bertz CT molecular complexity index is 542. The molecule has 1 unspecified atom stereocenters. The van der Waals surface area contributed by atoms with Gasteiger partial charge in [-0.05, 0) is 26.3 Å². The van der Waals surface area contributed by atoms with E-state index in [1.165, 1.54) is 0 Å². The highest BCUT2D eigenvalue weighted by molar-refractivity contribution is 5.03. The topological polar surface area (TPSA) is 83.8 Å². The van der Waals surface area contributed by atoms with Crippen LogP contribution in [-0.4, -0.2) is 38.3 Å². The highest BCUT2D eigenvalue weighted by Gasteiger charge is 2.39. The second-order valence-electron chi connectivity index (χ2n) is 5.50. The third kappa shape index (κ3) is 3.71. The summed E-state index contributed by atoms with van der Waals surface area (Å²) in [5.41, 5.74) is 4.87. The van der Waals surface area contributed by atoms with Crippen LogP contribution in [0, 0.1) is 11.3 Å². The summed E-state index contributed by atoms with van der Waals surface area (Å²) in [7, 11) is 0. The lowest BCUT2D eigenvalue weighted by Crippen LogP contribution is -2.38. The normalized spacial score (nSPS) is 18.9. The summed E-state index contributed by atoms with van der Waals surface area (Å²) in [6.07, 6.45) is -3.22. The molecule has 21 heavy (non-hydrogen) atoms. The van der Waals surface area contributed by atoms with Crippen molar-refractivity contribution in [2.45, 2.75) is 44.6 Å². The standard InChI is InChI=1S/C12H17F3N6/c1-11(17,8-16)3-2-4-20-5-6-21-9(7-20)18-19-10(21)12(13,14)15/h2-7,17H2,1H3. The van der Waals surface area contributed by atoms with Crippen LogP contribution in [-0.2, 0) is 19.3 Å². The van der Waals surface area contributed by atoms with Crippen LogP contribution in [0.2, 0.25) is 0 Å². The third-order valence-electron chi connectivity index (χ3n) is 3.51. The van der Waals surface area contributed by atoms with Crippen LogP contribution in [0.3, 0.4) is 0 Å². The van der Waals surface area contributed by atoms with Crippen molar-refractivity contribution >= 4 is 0 Å². The van der Waals surface area contributed by atoms with Crippen LogP contribution < -0.4 is 5.73 Å². The third-order valence-corrected chi connectivity index (χ3v) is 3.51. The molecule has 116 valence electrons. The van der Waals surface area contributed by atoms with E-state index in [-0.39, 0.29) is 6.54 Å². The maximum Gasteiger partial charge on any atom is 0.451 e. The summed E-state index contributed by atoms with van der Waals surface area (Å²) in [5, 5.41) is 15.7. The van der Waals surface area contributed by atoms with Crippen LogP contribution in [0.4, 0.5) is 13.2 Å². The molecule has 0 radical (unpaired) electrons. The predicted octanol–water partition coefficient (Wildman–Crippen LogP) is 1.13. The highest BCUT2D eigenvalue weighted by Crippen LogP contribution is 2.29. The van der Waals surface area contributed by atoms with Crippen molar-refractivity contribution in [2.24, 2.45) is 5.73 Å². The van der Waals surface area contributed by atoms with E-state index in [0.717, 1.165) is 4.57 Å². The maximum atomic E-state index is 12.7. The van der Waals surface area contributed by atoms with Gasteiger partial charge in [0.05, 0.1) is 12.6 Å². The number of halogens is 3. The largest absolute Gasteiger partial charge is 0.451 e.